The minimum Gasteiger partial charge on any atom is -0.476 e. The number of sulfone groups is 1. The van der Waals surface area contributed by atoms with Gasteiger partial charge in [-0.3, -0.25) is 4.79 Å². The van der Waals surface area contributed by atoms with Crippen LogP contribution < -0.4 is 0 Å². The maximum atomic E-state index is 12.5. The fraction of sp³-hybridized carbons (Fsp3) is 0.667. The van der Waals surface area contributed by atoms with Gasteiger partial charge in [-0.25, -0.2) is 13.2 Å². The fourth-order valence-corrected chi connectivity index (χ4v) is 1.42. The van der Waals surface area contributed by atoms with Crippen LogP contribution in [0.2, 0.25) is 0 Å². The molecule has 0 radical (unpaired) electrons. The summed E-state index contributed by atoms with van der Waals surface area (Å²) >= 11 is 0. The number of ether oxygens (including phenoxy) is 1. The van der Waals surface area contributed by atoms with Gasteiger partial charge < -0.3 is 9.84 Å². The number of rotatable bonds is 5. The predicted octanol–water partition coefficient (Wildman–Crippen LogP) is -0.358. The molecule has 0 unspecified atom stereocenters. The van der Waals surface area contributed by atoms with Crippen molar-refractivity contribution in [2.45, 2.75) is 12.2 Å². The molecule has 0 spiro atoms. The normalized spacial score (nSPS) is 12.2. The van der Waals surface area contributed by atoms with Crippen LogP contribution in [0, 0.1) is 0 Å². The van der Waals surface area contributed by atoms with Crippen molar-refractivity contribution >= 4 is 21.8 Å². The number of esters is 1. The molecule has 6 nitrogen and oxygen atoms in total. The van der Waals surface area contributed by atoms with Gasteiger partial charge in [0.15, 0.2) is 5.75 Å². The zero-order valence-electron chi connectivity index (χ0n) is 7.57. The van der Waals surface area contributed by atoms with Crippen molar-refractivity contribution in [3.05, 3.63) is 0 Å². The highest BCUT2D eigenvalue weighted by molar-refractivity contribution is 7.93. The van der Waals surface area contributed by atoms with Crippen molar-refractivity contribution in [2.24, 2.45) is 0 Å². The maximum absolute atomic E-state index is 12.5. The Labute approximate surface area is 83.8 Å². The molecule has 0 aromatic heterocycles. The maximum Gasteiger partial charge on any atom is 0.440 e. The summed E-state index contributed by atoms with van der Waals surface area (Å²) in [4.78, 5) is 20.5. The summed E-state index contributed by atoms with van der Waals surface area (Å²) in [6, 6.07) is 0. The molecule has 0 amide bonds. The molecule has 0 saturated carbocycles. The van der Waals surface area contributed by atoms with E-state index in [1.54, 1.807) is 0 Å². The van der Waals surface area contributed by atoms with Gasteiger partial charge in [-0.15, -0.1) is 0 Å². The molecule has 0 aromatic rings. The van der Waals surface area contributed by atoms with E-state index in [1.165, 1.54) is 6.92 Å². The van der Waals surface area contributed by atoms with Crippen molar-refractivity contribution < 1.29 is 36.6 Å². The Morgan fingerprint density at radius 3 is 2.20 bits per heavy atom. The number of aliphatic carboxylic acids is 1. The topological polar surface area (TPSA) is 97.7 Å². The van der Waals surface area contributed by atoms with Crippen LogP contribution in [0.3, 0.4) is 0 Å². The second kappa shape index (κ2) is 4.51. The second-order valence-electron chi connectivity index (χ2n) is 2.39. The number of hydrogen-bond donors (Lipinski definition) is 1. The molecule has 0 fully saturated rings. The van der Waals surface area contributed by atoms with Crippen LogP contribution in [0.25, 0.3) is 0 Å². The third kappa shape index (κ3) is 3.11. The molecular weight excluding hydrogens is 238 g/mol. The van der Waals surface area contributed by atoms with Crippen molar-refractivity contribution in [3.63, 3.8) is 0 Å². The quantitative estimate of drug-likeness (QED) is 0.665. The molecule has 0 aromatic carbocycles. The molecule has 0 aliphatic carbocycles. The predicted molar refractivity (Wildman–Crippen MR) is 43.0 cm³/mol. The van der Waals surface area contributed by atoms with E-state index in [-0.39, 0.29) is 6.61 Å². The molecular formula is C6H8F2O6S. The van der Waals surface area contributed by atoms with Crippen LogP contribution in [-0.4, -0.2) is 43.1 Å². The van der Waals surface area contributed by atoms with E-state index in [1.807, 2.05) is 0 Å². The van der Waals surface area contributed by atoms with Crippen LogP contribution in [-0.2, 0) is 24.2 Å². The Morgan fingerprint density at radius 2 is 1.87 bits per heavy atom. The molecule has 9 heteroatoms. The molecule has 0 aliphatic rings. The Morgan fingerprint density at radius 1 is 1.40 bits per heavy atom. The zero-order chi connectivity index (χ0) is 12.3. The van der Waals surface area contributed by atoms with Gasteiger partial charge in [0.25, 0.3) is 0 Å². The van der Waals surface area contributed by atoms with Crippen LogP contribution in [0.4, 0.5) is 8.78 Å². The number of carbonyl (C=O) groups excluding carboxylic acids is 1. The lowest BCUT2D eigenvalue weighted by atomic mass is 10.7. The van der Waals surface area contributed by atoms with E-state index < -0.39 is 32.8 Å². The van der Waals surface area contributed by atoms with Gasteiger partial charge in [-0.1, -0.05) is 0 Å². The minimum absolute atomic E-state index is 0.188. The first-order chi connectivity index (χ1) is 6.65. The first-order valence-corrected chi connectivity index (χ1v) is 5.29. The second-order valence-corrected chi connectivity index (χ2v) is 4.42. The van der Waals surface area contributed by atoms with E-state index >= 15 is 0 Å². The molecule has 1 N–H and O–H groups in total. The molecule has 0 bridgehead atoms. The van der Waals surface area contributed by atoms with E-state index in [9.17, 15) is 26.8 Å². The molecule has 0 rings (SSSR count). The first-order valence-electron chi connectivity index (χ1n) is 3.64. The van der Waals surface area contributed by atoms with Crippen molar-refractivity contribution in [3.8, 4) is 0 Å². The van der Waals surface area contributed by atoms with Gasteiger partial charge in [0.2, 0.25) is 9.84 Å². The van der Waals surface area contributed by atoms with Crippen molar-refractivity contribution in [1.29, 1.82) is 0 Å². The molecule has 0 heterocycles. The van der Waals surface area contributed by atoms with Gasteiger partial charge in [0.05, 0.1) is 6.61 Å². The smallest absolute Gasteiger partial charge is 0.440 e. The Balaban J connectivity index is 4.86. The average Bonchev–Trinajstić information content (AvgIpc) is 2.02. The van der Waals surface area contributed by atoms with Gasteiger partial charge in [0, 0.05) is 0 Å². The van der Waals surface area contributed by atoms with E-state index in [4.69, 9.17) is 5.11 Å². The van der Waals surface area contributed by atoms with E-state index in [0.717, 1.165) is 0 Å². The van der Waals surface area contributed by atoms with Gasteiger partial charge in [-0.2, -0.15) is 8.78 Å². The number of carboxylic acids is 1. The Hall–Kier alpha value is -1.25. The monoisotopic (exact) mass is 246 g/mol. The van der Waals surface area contributed by atoms with Crippen molar-refractivity contribution in [2.75, 3.05) is 12.4 Å². The number of halogens is 2. The Bertz CT molecular complexity index is 360. The van der Waals surface area contributed by atoms with E-state index in [2.05, 4.69) is 4.74 Å². The Kier molecular flexibility index (Phi) is 4.14. The van der Waals surface area contributed by atoms with Crippen LogP contribution >= 0.6 is 0 Å². The molecule has 0 atom stereocenters. The third-order valence-electron chi connectivity index (χ3n) is 1.25. The fourth-order valence-electron chi connectivity index (χ4n) is 0.581. The lowest BCUT2D eigenvalue weighted by Crippen LogP contribution is -2.41. The molecule has 88 valence electrons. The highest BCUT2D eigenvalue weighted by Crippen LogP contribution is 2.22. The first kappa shape index (κ1) is 13.8. The largest absolute Gasteiger partial charge is 0.476 e. The highest BCUT2D eigenvalue weighted by Gasteiger charge is 2.53. The molecule has 15 heavy (non-hydrogen) atoms. The van der Waals surface area contributed by atoms with Crippen molar-refractivity contribution in [1.82, 2.24) is 0 Å². The average molecular weight is 246 g/mol. The van der Waals surface area contributed by atoms with Gasteiger partial charge >= 0.3 is 17.2 Å². The lowest BCUT2D eigenvalue weighted by Gasteiger charge is -2.11. The van der Waals surface area contributed by atoms with Crippen LogP contribution in [0.15, 0.2) is 0 Å². The van der Waals surface area contributed by atoms with Crippen LogP contribution in [0.5, 0.6) is 0 Å². The van der Waals surface area contributed by atoms with Crippen LogP contribution in [0.1, 0.15) is 6.92 Å². The minimum atomic E-state index is -5.39. The summed E-state index contributed by atoms with van der Waals surface area (Å²) < 4.78 is 50.7. The standard InChI is InChI=1S/C6H8F2O6S/c1-2-14-4(9)3-15(12,13)6(7,8)5(10)11/h2-3H2,1H3,(H,10,11). The third-order valence-corrected chi connectivity index (χ3v) is 2.82. The summed E-state index contributed by atoms with van der Waals surface area (Å²) in [5, 5.41) is 2.95. The number of alkyl halides is 2. The highest BCUT2D eigenvalue weighted by atomic mass is 32.2. The summed E-state index contributed by atoms with van der Waals surface area (Å²) in [6.07, 6.45) is 0. The molecule has 0 saturated heterocycles. The summed E-state index contributed by atoms with van der Waals surface area (Å²) in [5.41, 5.74) is 0. The lowest BCUT2D eigenvalue weighted by molar-refractivity contribution is -0.153. The molecule has 0 aliphatic heterocycles. The summed E-state index contributed by atoms with van der Waals surface area (Å²) in [7, 11) is -5.39. The zero-order valence-corrected chi connectivity index (χ0v) is 8.38. The number of carboxylic acid groups (broad SMARTS) is 1. The number of carbonyl (C=O) groups is 2. The van der Waals surface area contributed by atoms with Gasteiger partial charge in [0.1, 0.15) is 0 Å². The number of hydrogen-bond acceptors (Lipinski definition) is 5. The summed E-state index contributed by atoms with van der Waals surface area (Å²) in [5.74, 6) is -5.91. The summed E-state index contributed by atoms with van der Waals surface area (Å²) in [6.45, 7) is 1.16. The SMILES string of the molecule is CCOC(=O)CS(=O)(=O)C(F)(F)C(=O)O. The van der Waals surface area contributed by atoms with Gasteiger partial charge in [-0.05, 0) is 6.92 Å². The van der Waals surface area contributed by atoms with E-state index in [0.29, 0.717) is 0 Å².